The highest BCUT2D eigenvalue weighted by Gasteiger charge is 2.35. The number of carbonyl (C=O) groups excluding carboxylic acids is 1. The highest BCUT2D eigenvalue weighted by Crippen LogP contribution is 2.37. The Morgan fingerprint density at radius 2 is 1.96 bits per heavy atom. The molecule has 0 N–H and O–H groups in total. The van der Waals surface area contributed by atoms with Crippen LogP contribution in [-0.4, -0.2) is 46.1 Å². The van der Waals surface area contributed by atoms with Crippen molar-refractivity contribution in [3.05, 3.63) is 18.2 Å². The number of rotatable bonds is 4. The first-order chi connectivity index (χ1) is 13.8. The minimum absolute atomic E-state index is 0.185. The third kappa shape index (κ3) is 3.45. The van der Waals surface area contributed by atoms with Gasteiger partial charge in [-0.1, -0.05) is 24.6 Å². The minimum atomic E-state index is 0.185. The van der Waals surface area contributed by atoms with Crippen LogP contribution in [0.1, 0.15) is 38.5 Å². The van der Waals surface area contributed by atoms with Crippen molar-refractivity contribution in [1.82, 2.24) is 15.1 Å². The van der Waals surface area contributed by atoms with Crippen LogP contribution in [0.3, 0.4) is 0 Å². The average Bonchev–Trinajstić information content (AvgIpc) is 3.40. The quantitative estimate of drug-likeness (QED) is 0.722. The number of likely N-dealkylation sites (tertiary alicyclic amines) is 1. The van der Waals surface area contributed by atoms with Crippen molar-refractivity contribution in [1.29, 1.82) is 0 Å². The SMILES string of the molecule is O=C(CSc1nnc(-c2ccc3c(c2)OCO3)o1)N1CCC[C@H]2CCCC[C@H]21. The molecule has 1 saturated carbocycles. The van der Waals surface area contributed by atoms with Gasteiger partial charge in [-0.15, -0.1) is 10.2 Å². The number of benzene rings is 1. The molecule has 0 spiro atoms. The van der Waals surface area contributed by atoms with Gasteiger partial charge in [0.15, 0.2) is 11.5 Å². The summed E-state index contributed by atoms with van der Waals surface area (Å²) in [6.45, 7) is 1.11. The third-order valence-corrected chi connectivity index (χ3v) is 6.71. The Hall–Kier alpha value is -2.22. The van der Waals surface area contributed by atoms with Crippen molar-refractivity contribution in [2.24, 2.45) is 5.92 Å². The van der Waals surface area contributed by atoms with E-state index in [1.807, 2.05) is 18.2 Å². The van der Waals surface area contributed by atoms with Crippen LogP contribution in [-0.2, 0) is 4.79 Å². The van der Waals surface area contributed by atoms with Gasteiger partial charge in [-0.05, 0) is 49.8 Å². The van der Waals surface area contributed by atoms with Crippen LogP contribution in [0.4, 0.5) is 0 Å². The molecule has 2 fully saturated rings. The van der Waals surface area contributed by atoms with E-state index in [-0.39, 0.29) is 12.7 Å². The Bertz CT molecular complexity index is 869. The van der Waals surface area contributed by atoms with Gasteiger partial charge in [0.05, 0.1) is 5.75 Å². The molecular formula is C20H23N3O4S. The summed E-state index contributed by atoms with van der Waals surface area (Å²) < 4.78 is 16.5. The molecule has 28 heavy (non-hydrogen) atoms. The zero-order valence-corrected chi connectivity index (χ0v) is 16.5. The number of hydrogen-bond acceptors (Lipinski definition) is 7. The van der Waals surface area contributed by atoms with Crippen molar-refractivity contribution in [2.45, 2.75) is 49.8 Å². The normalized spacial score (nSPS) is 23.5. The molecule has 7 nitrogen and oxygen atoms in total. The maximum Gasteiger partial charge on any atom is 0.277 e. The first-order valence-corrected chi connectivity index (χ1v) is 10.9. The van der Waals surface area contributed by atoms with Gasteiger partial charge >= 0.3 is 0 Å². The fourth-order valence-corrected chi connectivity index (χ4v) is 5.20. The van der Waals surface area contributed by atoms with Gasteiger partial charge in [0.1, 0.15) is 0 Å². The van der Waals surface area contributed by atoms with Crippen molar-refractivity contribution in [3.63, 3.8) is 0 Å². The molecule has 1 aliphatic carbocycles. The van der Waals surface area contributed by atoms with E-state index in [0.717, 1.165) is 24.9 Å². The van der Waals surface area contributed by atoms with E-state index in [9.17, 15) is 4.79 Å². The second-order valence-electron chi connectivity index (χ2n) is 7.57. The summed E-state index contributed by atoms with van der Waals surface area (Å²) >= 11 is 1.32. The molecule has 148 valence electrons. The molecule has 0 bridgehead atoms. The maximum absolute atomic E-state index is 12.8. The predicted molar refractivity (Wildman–Crippen MR) is 103 cm³/mol. The Labute approximate surface area is 167 Å². The molecule has 1 aromatic carbocycles. The van der Waals surface area contributed by atoms with Crippen LogP contribution in [0.2, 0.25) is 0 Å². The first-order valence-electron chi connectivity index (χ1n) is 9.94. The smallest absolute Gasteiger partial charge is 0.277 e. The predicted octanol–water partition coefficient (Wildman–Crippen LogP) is 3.74. The number of piperidine rings is 1. The van der Waals surface area contributed by atoms with Crippen LogP contribution >= 0.6 is 11.8 Å². The third-order valence-electron chi connectivity index (χ3n) is 5.91. The highest BCUT2D eigenvalue weighted by molar-refractivity contribution is 7.99. The molecule has 3 heterocycles. The van der Waals surface area contributed by atoms with Crippen LogP contribution in [0.5, 0.6) is 11.5 Å². The molecule has 1 aromatic heterocycles. The van der Waals surface area contributed by atoms with E-state index in [2.05, 4.69) is 15.1 Å². The van der Waals surface area contributed by atoms with Crippen LogP contribution in [0, 0.1) is 5.92 Å². The van der Waals surface area contributed by atoms with Gasteiger partial charge in [-0.25, -0.2) is 0 Å². The summed E-state index contributed by atoms with van der Waals surface area (Å²) in [6.07, 6.45) is 7.35. The molecule has 3 aliphatic rings. The molecular weight excluding hydrogens is 378 g/mol. The van der Waals surface area contributed by atoms with E-state index >= 15 is 0 Å². The Morgan fingerprint density at radius 3 is 2.93 bits per heavy atom. The molecule has 8 heteroatoms. The average molecular weight is 401 g/mol. The summed E-state index contributed by atoms with van der Waals surface area (Å²) in [5, 5.41) is 8.61. The standard InChI is InChI=1S/C20H23N3O4S/c24-18(23-9-3-5-13-4-1-2-6-15(13)23)11-28-20-22-21-19(27-20)14-7-8-16-17(10-14)26-12-25-16/h7-8,10,13,15H,1-6,9,11-12H2/t13-,15-/m1/s1. The lowest BCUT2D eigenvalue weighted by Gasteiger charge is -2.44. The molecule has 2 aliphatic heterocycles. The lowest BCUT2D eigenvalue weighted by atomic mass is 9.78. The fourth-order valence-electron chi connectivity index (χ4n) is 4.56. The van der Waals surface area contributed by atoms with Crippen molar-refractivity contribution in [2.75, 3.05) is 19.1 Å². The summed E-state index contributed by atoms with van der Waals surface area (Å²) in [5.74, 6) is 3.02. The summed E-state index contributed by atoms with van der Waals surface area (Å²) in [7, 11) is 0. The van der Waals surface area contributed by atoms with Gasteiger partial charge in [0.25, 0.3) is 5.22 Å². The van der Waals surface area contributed by atoms with Gasteiger partial charge < -0.3 is 18.8 Å². The Morgan fingerprint density at radius 1 is 1.11 bits per heavy atom. The fraction of sp³-hybridized carbons (Fsp3) is 0.550. The molecule has 2 aromatic rings. The number of nitrogens with zero attached hydrogens (tertiary/aromatic N) is 3. The monoisotopic (exact) mass is 401 g/mol. The number of carbonyl (C=O) groups is 1. The second kappa shape index (κ2) is 7.66. The molecule has 1 saturated heterocycles. The van der Waals surface area contributed by atoms with Crippen molar-refractivity contribution < 1.29 is 18.7 Å². The van der Waals surface area contributed by atoms with Gasteiger partial charge in [-0.3, -0.25) is 4.79 Å². The summed E-state index contributed by atoms with van der Waals surface area (Å²) in [4.78, 5) is 14.9. The van der Waals surface area contributed by atoms with Crippen molar-refractivity contribution in [3.8, 4) is 23.0 Å². The van der Waals surface area contributed by atoms with E-state index in [4.69, 9.17) is 13.9 Å². The van der Waals surface area contributed by atoms with Gasteiger partial charge in [0, 0.05) is 18.2 Å². The maximum atomic E-state index is 12.8. The molecule has 5 rings (SSSR count). The number of thioether (sulfide) groups is 1. The zero-order chi connectivity index (χ0) is 18.9. The van der Waals surface area contributed by atoms with E-state index in [1.54, 1.807) is 0 Å². The summed E-state index contributed by atoms with van der Waals surface area (Å²) in [6, 6.07) is 5.95. The van der Waals surface area contributed by atoms with Crippen LogP contribution in [0.15, 0.2) is 27.8 Å². The zero-order valence-electron chi connectivity index (χ0n) is 15.6. The van der Waals surface area contributed by atoms with Gasteiger partial charge in [-0.2, -0.15) is 0 Å². The lowest BCUT2D eigenvalue weighted by Crippen LogP contribution is -2.50. The summed E-state index contributed by atoms with van der Waals surface area (Å²) in [5.41, 5.74) is 0.774. The first kappa shape index (κ1) is 17.8. The Balaban J connectivity index is 1.22. The number of fused-ring (bicyclic) bond motifs is 2. The number of ether oxygens (including phenoxy) is 2. The van der Waals surface area contributed by atoms with Crippen molar-refractivity contribution >= 4 is 17.7 Å². The van der Waals surface area contributed by atoms with Gasteiger partial charge in [0.2, 0.25) is 18.6 Å². The van der Waals surface area contributed by atoms with E-state index in [0.29, 0.717) is 40.3 Å². The molecule has 2 atom stereocenters. The number of hydrogen-bond donors (Lipinski definition) is 0. The number of amides is 1. The Kier molecular flexibility index (Phi) is 4.88. The topological polar surface area (TPSA) is 77.7 Å². The van der Waals surface area contributed by atoms with Crippen LogP contribution in [0.25, 0.3) is 11.5 Å². The van der Waals surface area contributed by atoms with E-state index in [1.165, 1.54) is 37.4 Å². The molecule has 1 amide bonds. The molecule has 0 unspecified atom stereocenters. The minimum Gasteiger partial charge on any atom is -0.454 e. The second-order valence-corrected chi connectivity index (χ2v) is 8.50. The lowest BCUT2D eigenvalue weighted by molar-refractivity contribution is -0.134. The molecule has 0 radical (unpaired) electrons. The number of aromatic nitrogens is 2. The van der Waals surface area contributed by atoms with Crippen LogP contribution < -0.4 is 9.47 Å². The highest BCUT2D eigenvalue weighted by atomic mass is 32.2. The largest absolute Gasteiger partial charge is 0.454 e. The van der Waals surface area contributed by atoms with E-state index < -0.39 is 0 Å².